The van der Waals surface area contributed by atoms with E-state index in [0.29, 0.717) is 24.5 Å². The van der Waals surface area contributed by atoms with E-state index >= 15 is 0 Å². The molecule has 3 heterocycles. The number of H-pyrrole nitrogens is 1. The number of amides is 3. The number of piperazine rings is 1. The summed E-state index contributed by atoms with van der Waals surface area (Å²) in [6, 6.07) is 29.1. The van der Waals surface area contributed by atoms with Gasteiger partial charge in [0.1, 0.15) is 11.4 Å². The van der Waals surface area contributed by atoms with Crippen molar-refractivity contribution in [2.45, 2.75) is 24.9 Å². The van der Waals surface area contributed by atoms with Crippen LogP contribution in [-0.4, -0.2) is 56.9 Å². The van der Waals surface area contributed by atoms with E-state index in [1.54, 1.807) is 11.2 Å². The number of carbonyl (C=O) groups excluding carboxylic acids is 2. The van der Waals surface area contributed by atoms with Crippen molar-refractivity contribution in [2.24, 2.45) is 0 Å². The van der Waals surface area contributed by atoms with Crippen molar-refractivity contribution in [3.63, 3.8) is 0 Å². The van der Waals surface area contributed by atoms with Crippen LogP contribution in [-0.2, 0) is 0 Å². The molecule has 0 aliphatic carbocycles. The fourth-order valence-electron chi connectivity index (χ4n) is 5.46. The normalized spacial score (nSPS) is 18.8. The molecule has 2 atom stereocenters. The van der Waals surface area contributed by atoms with Crippen LogP contribution in [0.2, 0.25) is 0 Å². The van der Waals surface area contributed by atoms with Crippen LogP contribution in [0.15, 0.2) is 97.3 Å². The quantitative estimate of drug-likeness (QED) is 0.432. The van der Waals surface area contributed by atoms with Gasteiger partial charge in [-0.05, 0) is 37.1 Å². The van der Waals surface area contributed by atoms with Crippen molar-refractivity contribution < 1.29 is 9.59 Å². The smallest absolute Gasteiger partial charge is 0.329 e. The summed E-state index contributed by atoms with van der Waals surface area (Å²) in [6.45, 7) is 1.01. The minimum absolute atomic E-state index is 0.0273. The number of likely N-dealkylation sites (tertiary alicyclic amines) is 1. The molecular formula is C29H27N5O2. The molecule has 2 aliphatic rings. The number of aromatic nitrogens is 2. The average Bonchev–Trinajstić information content (AvgIpc) is 3.52. The van der Waals surface area contributed by atoms with Crippen molar-refractivity contribution in [1.29, 1.82) is 0 Å². The molecule has 2 unspecified atom stereocenters. The first-order chi connectivity index (χ1) is 17.7. The second-order valence-electron chi connectivity index (χ2n) is 9.28. The average molecular weight is 478 g/mol. The summed E-state index contributed by atoms with van der Waals surface area (Å²) in [5.74, 6) is -0.0473. The van der Waals surface area contributed by atoms with E-state index < -0.39 is 0 Å². The number of hydrogen-bond donors (Lipinski definition) is 1. The van der Waals surface area contributed by atoms with Gasteiger partial charge in [-0.15, -0.1) is 0 Å². The van der Waals surface area contributed by atoms with Gasteiger partial charge in [-0.1, -0.05) is 66.7 Å². The summed E-state index contributed by atoms with van der Waals surface area (Å²) in [7, 11) is 0. The van der Waals surface area contributed by atoms with Gasteiger partial charge in [-0.3, -0.25) is 9.69 Å². The van der Waals surface area contributed by atoms with Crippen molar-refractivity contribution in [2.75, 3.05) is 18.0 Å². The number of urea groups is 1. The number of benzene rings is 3. The summed E-state index contributed by atoms with van der Waals surface area (Å²) in [5, 5.41) is 0. The highest BCUT2D eigenvalue weighted by molar-refractivity contribution is 6.01. The fraction of sp³-hybridized carbons (Fsp3) is 0.207. The lowest BCUT2D eigenvalue weighted by molar-refractivity contribution is 0.0485. The lowest BCUT2D eigenvalue weighted by Gasteiger charge is -2.42. The highest BCUT2D eigenvalue weighted by Gasteiger charge is 2.45. The Balaban J connectivity index is 1.25. The number of hydrogen-bond acceptors (Lipinski definition) is 3. The van der Waals surface area contributed by atoms with Crippen LogP contribution in [0.3, 0.4) is 0 Å². The topological polar surface area (TPSA) is 72.5 Å². The Morgan fingerprint density at radius 2 is 1.31 bits per heavy atom. The number of carbonyl (C=O) groups is 2. The van der Waals surface area contributed by atoms with Gasteiger partial charge in [0.25, 0.3) is 5.91 Å². The summed E-state index contributed by atoms with van der Waals surface area (Å²) in [4.78, 5) is 40.7. The standard InChI is InChI=1S/C29H27N5O2/c35-28(27-26(30-20-31-27)21-10-4-1-5-11-21)33-24-16-17-25(33)19-32(18-24)29(36)34(22-12-6-2-7-13-22)23-14-8-3-9-15-23/h1-15,20,24-25H,16-19H2,(H,30,31). The molecule has 7 heteroatoms. The van der Waals surface area contributed by atoms with Gasteiger partial charge in [-0.2, -0.15) is 0 Å². The summed E-state index contributed by atoms with van der Waals surface area (Å²) in [6.07, 6.45) is 3.34. The molecule has 2 bridgehead atoms. The van der Waals surface area contributed by atoms with Gasteiger partial charge in [0.05, 0.1) is 29.8 Å². The number of aromatic amines is 1. The Labute approximate surface area is 210 Å². The second kappa shape index (κ2) is 9.34. The first kappa shape index (κ1) is 22.1. The molecule has 0 spiro atoms. The Kier molecular flexibility index (Phi) is 5.73. The molecule has 4 aromatic rings. The van der Waals surface area contributed by atoms with E-state index in [0.717, 1.165) is 29.8 Å². The fourth-order valence-corrected chi connectivity index (χ4v) is 5.46. The molecule has 1 aromatic heterocycles. The molecule has 180 valence electrons. The third-order valence-electron chi connectivity index (χ3n) is 7.11. The molecule has 3 aromatic carbocycles. The van der Waals surface area contributed by atoms with Crippen molar-refractivity contribution >= 4 is 23.3 Å². The minimum atomic E-state index is -0.0667. The Hall–Kier alpha value is -4.39. The van der Waals surface area contributed by atoms with E-state index in [9.17, 15) is 9.59 Å². The lowest BCUT2D eigenvalue weighted by Crippen LogP contribution is -2.59. The molecule has 0 saturated carbocycles. The number of imidazole rings is 1. The van der Waals surface area contributed by atoms with Crippen LogP contribution in [0.5, 0.6) is 0 Å². The third-order valence-corrected chi connectivity index (χ3v) is 7.11. The summed E-state index contributed by atoms with van der Waals surface area (Å²) >= 11 is 0. The summed E-state index contributed by atoms with van der Waals surface area (Å²) < 4.78 is 0. The number of nitrogens with one attached hydrogen (secondary N) is 1. The Morgan fingerprint density at radius 1 is 0.778 bits per heavy atom. The van der Waals surface area contributed by atoms with E-state index in [-0.39, 0.29) is 24.0 Å². The summed E-state index contributed by atoms with van der Waals surface area (Å²) in [5.41, 5.74) is 3.73. The van der Waals surface area contributed by atoms with Crippen molar-refractivity contribution in [3.8, 4) is 11.3 Å². The maximum atomic E-state index is 13.9. The number of nitrogens with zero attached hydrogens (tertiary/aromatic N) is 4. The van der Waals surface area contributed by atoms with Gasteiger partial charge in [0.2, 0.25) is 0 Å². The van der Waals surface area contributed by atoms with Gasteiger partial charge < -0.3 is 14.8 Å². The van der Waals surface area contributed by atoms with Crippen molar-refractivity contribution in [1.82, 2.24) is 19.8 Å². The van der Waals surface area contributed by atoms with Gasteiger partial charge in [0, 0.05) is 18.7 Å². The first-order valence-electron chi connectivity index (χ1n) is 12.3. The Morgan fingerprint density at radius 3 is 1.86 bits per heavy atom. The molecule has 36 heavy (non-hydrogen) atoms. The number of fused-ring (bicyclic) bond motifs is 2. The molecule has 0 radical (unpaired) electrons. The van der Waals surface area contributed by atoms with E-state index in [4.69, 9.17) is 0 Å². The largest absolute Gasteiger partial charge is 0.340 e. The van der Waals surface area contributed by atoms with Gasteiger partial charge in [0.15, 0.2) is 0 Å². The Bertz CT molecular complexity index is 1300. The number of para-hydroxylation sites is 2. The zero-order valence-corrected chi connectivity index (χ0v) is 19.8. The maximum absolute atomic E-state index is 13.9. The van der Waals surface area contributed by atoms with Gasteiger partial charge >= 0.3 is 6.03 Å². The predicted octanol–water partition coefficient (Wildman–Crippen LogP) is 5.32. The first-order valence-corrected chi connectivity index (χ1v) is 12.3. The monoisotopic (exact) mass is 477 g/mol. The number of rotatable bonds is 4. The van der Waals surface area contributed by atoms with E-state index in [2.05, 4.69) is 9.97 Å². The van der Waals surface area contributed by atoms with Crippen LogP contribution in [0.1, 0.15) is 23.3 Å². The molecule has 7 nitrogen and oxygen atoms in total. The molecule has 2 fully saturated rings. The SMILES string of the molecule is O=C(N1CC2CCC(C1)N2C(=O)c1[nH]cnc1-c1ccccc1)N(c1ccccc1)c1ccccc1. The van der Waals surface area contributed by atoms with Crippen LogP contribution in [0.25, 0.3) is 11.3 Å². The highest BCUT2D eigenvalue weighted by Crippen LogP contribution is 2.35. The highest BCUT2D eigenvalue weighted by atomic mass is 16.2. The van der Waals surface area contributed by atoms with Crippen molar-refractivity contribution in [3.05, 3.63) is 103 Å². The zero-order chi connectivity index (χ0) is 24.5. The molecule has 1 N–H and O–H groups in total. The van der Waals surface area contributed by atoms with Crippen LogP contribution >= 0.6 is 0 Å². The molecule has 2 saturated heterocycles. The molecular weight excluding hydrogens is 450 g/mol. The second-order valence-corrected chi connectivity index (χ2v) is 9.28. The molecule has 3 amide bonds. The van der Waals surface area contributed by atoms with Crippen LogP contribution < -0.4 is 4.90 Å². The molecule has 6 rings (SSSR count). The third kappa shape index (κ3) is 3.92. The lowest BCUT2D eigenvalue weighted by atomic mass is 10.1. The zero-order valence-electron chi connectivity index (χ0n) is 19.8. The maximum Gasteiger partial charge on any atom is 0.329 e. The molecule has 2 aliphatic heterocycles. The van der Waals surface area contributed by atoms with Gasteiger partial charge in [-0.25, -0.2) is 9.78 Å². The van der Waals surface area contributed by atoms with E-state index in [1.165, 1.54) is 0 Å². The minimum Gasteiger partial charge on any atom is -0.340 e. The van der Waals surface area contributed by atoms with E-state index in [1.807, 2.05) is 101 Å². The van der Waals surface area contributed by atoms with Crippen LogP contribution in [0.4, 0.5) is 16.2 Å². The van der Waals surface area contributed by atoms with Crippen LogP contribution in [0, 0.1) is 0 Å². The predicted molar refractivity (Wildman–Crippen MR) is 139 cm³/mol. The number of anilines is 2.